The molecule has 3 rings (SSSR count). The molecule has 156 valence electrons. The molecule has 0 spiro atoms. The van der Waals surface area contributed by atoms with E-state index in [-0.39, 0.29) is 23.3 Å². The van der Waals surface area contributed by atoms with Gasteiger partial charge in [0.2, 0.25) is 15.9 Å². The topological polar surface area (TPSA) is 69.7 Å². The third-order valence-corrected chi connectivity index (χ3v) is 7.18. The standard InChI is InChI=1S/C22H29N3O3S/c1-24(20-11-4-2-5-12-20)16-9-15-23-22(26)19-10-8-17-25(18-19)29(27,28)21-13-6-3-7-14-21/h2-7,11-14,19H,8-10,15-18H2,1H3,(H,23,26)/t19-/m0/s1. The summed E-state index contributed by atoms with van der Waals surface area (Å²) in [5, 5.41) is 2.98. The van der Waals surface area contributed by atoms with Crippen molar-refractivity contribution >= 4 is 21.6 Å². The van der Waals surface area contributed by atoms with Gasteiger partial charge in [0.25, 0.3) is 0 Å². The third-order valence-electron chi connectivity index (χ3n) is 5.30. The van der Waals surface area contributed by atoms with Crippen LogP contribution in [0.15, 0.2) is 65.6 Å². The van der Waals surface area contributed by atoms with Gasteiger partial charge in [-0.25, -0.2) is 8.42 Å². The van der Waals surface area contributed by atoms with E-state index < -0.39 is 10.0 Å². The van der Waals surface area contributed by atoms with Crippen LogP contribution in [0.2, 0.25) is 0 Å². The Labute approximate surface area is 173 Å². The molecule has 1 N–H and O–H groups in total. The van der Waals surface area contributed by atoms with Gasteiger partial charge in [-0.05, 0) is 43.5 Å². The van der Waals surface area contributed by atoms with Crippen molar-refractivity contribution in [2.24, 2.45) is 5.92 Å². The number of nitrogens with one attached hydrogen (secondary N) is 1. The monoisotopic (exact) mass is 415 g/mol. The molecule has 0 radical (unpaired) electrons. The number of rotatable bonds is 8. The molecule has 2 aromatic carbocycles. The van der Waals surface area contributed by atoms with Crippen molar-refractivity contribution in [3.8, 4) is 0 Å². The largest absolute Gasteiger partial charge is 0.375 e. The Morgan fingerprint density at radius 2 is 1.76 bits per heavy atom. The predicted molar refractivity (Wildman–Crippen MR) is 115 cm³/mol. The summed E-state index contributed by atoms with van der Waals surface area (Å²) in [5.41, 5.74) is 1.15. The van der Waals surface area contributed by atoms with Crippen LogP contribution in [0, 0.1) is 5.92 Å². The Morgan fingerprint density at radius 3 is 2.45 bits per heavy atom. The second kappa shape index (κ2) is 9.89. The number of nitrogens with zero attached hydrogens (tertiary/aromatic N) is 2. The highest BCUT2D eigenvalue weighted by Crippen LogP contribution is 2.23. The smallest absolute Gasteiger partial charge is 0.243 e. The number of anilines is 1. The lowest BCUT2D eigenvalue weighted by molar-refractivity contribution is -0.126. The fraction of sp³-hybridized carbons (Fsp3) is 0.409. The fourth-order valence-electron chi connectivity index (χ4n) is 3.60. The number of carbonyl (C=O) groups is 1. The summed E-state index contributed by atoms with van der Waals surface area (Å²) in [4.78, 5) is 15.0. The maximum Gasteiger partial charge on any atom is 0.243 e. The van der Waals surface area contributed by atoms with E-state index in [1.807, 2.05) is 25.2 Å². The zero-order valence-electron chi connectivity index (χ0n) is 16.8. The van der Waals surface area contributed by atoms with Crippen LogP contribution in [0.3, 0.4) is 0 Å². The summed E-state index contributed by atoms with van der Waals surface area (Å²) in [6.45, 7) is 2.12. The van der Waals surface area contributed by atoms with Gasteiger partial charge in [-0.2, -0.15) is 4.31 Å². The van der Waals surface area contributed by atoms with E-state index >= 15 is 0 Å². The predicted octanol–water partition coefficient (Wildman–Crippen LogP) is 2.73. The maximum atomic E-state index is 12.8. The van der Waals surface area contributed by atoms with Crippen LogP contribution in [0.4, 0.5) is 5.69 Å². The van der Waals surface area contributed by atoms with E-state index in [2.05, 4.69) is 22.3 Å². The van der Waals surface area contributed by atoms with E-state index in [9.17, 15) is 13.2 Å². The highest BCUT2D eigenvalue weighted by atomic mass is 32.2. The minimum absolute atomic E-state index is 0.0553. The minimum atomic E-state index is -3.55. The quantitative estimate of drug-likeness (QED) is 0.673. The van der Waals surface area contributed by atoms with Gasteiger partial charge >= 0.3 is 0 Å². The van der Waals surface area contributed by atoms with Crippen LogP contribution in [-0.4, -0.2) is 51.9 Å². The molecule has 29 heavy (non-hydrogen) atoms. The van der Waals surface area contributed by atoms with Crippen LogP contribution in [0.5, 0.6) is 0 Å². The molecule has 0 unspecified atom stereocenters. The number of piperidine rings is 1. The average Bonchev–Trinajstić information content (AvgIpc) is 2.77. The molecule has 7 heteroatoms. The fourth-order valence-corrected chi connectivity index (χ4v) is 5.14. The zero-order valence-corrected chi connectivity index (χ0v) is 17.6. The molecular weight excluding hydrogens is 386 g/mol. The van der Waals surface area contributed by atoms with Crippen LogP contribution >= 0.6 is 0 Å². The third kappa shape index (κ3) is 5.58. The molecule has 1 atom stereocenters. The maximum absolute atomic E-state index is 12.8. The number of carbonyl (C=O) groups excluding carboxylic acids is 1. The number of amides is 1. The van der Waals surface area contributed by atoms with Crippen molar-refractivity contribution in [2.75, 3.05) is 38.1 Å². The molecule has 1 fully saturated rings. The van der Waals surface area contributed by atoms with E-state index in [1.165, 1.54) is 4.31 Å². The van der Waals surface area contributed by atoms with Gasteiger partial charge in [0.1, 0.15) is 0 Å². The number of benzene rings is 2. The zero-order chi connectivity index (χ0) is 20.7. The Kier molecular flexibility index (Phi) is 7.28. The van der Waals surface area contributed by atoms with Gasteiger partial charge < -0.3 is 10.2 Å². The summed E-state index contributed by atoms with van der Waals surface area (Å²) in [7, 11) is -1.52. The van der Waals surface area contributed by atoms with Crippen molar-refractivity contribution in [3.63, 3.8) is 0 Å². The van der Waals surface area contributed by atoms with E-state index in [0.717, 1.165) is 25.1 Å². The Balaban J connectivity index is 1.47. The molecule has 1 amide bonds. The lowest BCUT2D eigenvalue weighted by Crippen LogP contribution is -2.45. The minimum Gasteiger partial charge on any atom is -0.375 e. The normalized spacial score (nSPS) is 17.6. The summed E-state index contributed by atoms with van der Waals surface area (Å²) in [6, 6.07) is 18.5. The summed E-state index contributed by atoms with van der Waals surface area (Å²) < 4.78 is 27.1. The average molecular weight is 416 g/mol. The van der Waals surface area contributed by atoms with Gasteiger partial charge in [0.05, 0.1) is 10.8 Å². The molecule has 0 aromatic heterocycles. The van der Waals surface area contributed by atoms with E-state index in [1.54, 1.807) is 30.3 Å². The molecule has 1 aliphatic heterocycles. The highest BCUT2D eigenvalue weighted by molar-refractivity contribution is 7.89. The lowest BCUT2D eigenvalue weighted by Gasteiger charge is -2.31. The number of sulfonamides is 1. The van der Waals surface area contributed by atoms with Crippen LogP contribution in [-0.2, 0) is 14.8 Å². The molecule has 1 heterocycles. The molecule has 6 nitrogen and oxygen atoms in total. The Morgan fingerprint density at radius 1 is 1.10 bits per heavy atom. The van der Waals surface area contributed by atoms with Crippen LogP contribution < -0.4 is 10.2 Å². The second-order valence-corrected chi connectivity index (χ2v) is 9.35. The van der Waals surface area contributed by atoms with Gasteiger partial charge in [-0.3, -0.25) is 4.79 Å². The lowest BCUT2D eigenvalue weighted by atomic mass is 9.99. The number of hydrogen-bond acceptors (Lipinski definition) is 4. The van der Waals surface area contributed by atoms with Gasteiger partial charge in [-0.15, -0.1) is 0 Å². The first-order chi connectivity index (χ1) is 14.0. The van der Waals surface area contributed by atoms with Crippen molar-refractivity contribution in [1.29, 1.82) is 0 Å². The van der Waals surface area contributed by atoms with Crippen molar-refractivity contribution in [3.05, 3.63) is 60.7 Å². The van der Waals surface area contributed by atoms with Crippen LogP contribution in [0.25, 0.3) is 0 Å². The summed E-state index contributed by atoms with van der Waals surface area (Å²) >= 11 is 0. The first-order valence-corrected chi connectivity index (χ1v) is 11.5. The summed E-state index contributed by atoms with van der Waals surface area (Å²) in [6.07, 6.45) is 2.24. The molecule has 1 aliphatic rings. The van der Waals surface area contributed by atoms with Crippen molar-refractivity contribution in [1.82, 2.24) is 9.62 Å². The molecule has 0 saturated carbocycles. The summed E-state index contributed by atoms with van der Waals surface area (Å²) in [5.74, 6) is -0.352. The molecule has 0 aliphatic carbocycles. The molecular formula is C22H29N3O3S. The van der Waals surface area contributed by atoms with E-state index in [0.29, 0.717) is 19.5 Å². The van der Waals surface area contributed by atoms with Crippen molar-refractivity contribution in [2.45, 2.75) is 24.2 Å². The highest BCUT2D eigenvalue weighted by Gasteiger charge is 2.33. The van der Waals surface area contributed by atoms with Gasteiger partial charge in [0, 0.05) is 38.9 Å². The van der Waals surface area contributed by atoms with Crippen LogP contribution in [0.1, 0.15) is 19.3 Å². The van der Waals surface area contributed by atoms with E-state index in [4.69, 9.17) is 0 Å². The molecule has 2 aromatic rings. The molecule has 1 saturated heterocycles. The first-order valence-electron chi connectivity index (χ1n) is 10.1. The second-order valence-electron chi connectivity index (χ2n) is 7.42. The SMILES string of the molecule is CN(CCCNC(=O)[C@H]1CCCN(S(=O)(=O)c2ccccc2)C1)c1ccccc1. The number of hydrogen-bond donors (Lipinski definition) is 1. The van der Waals surface area contributed by atoms with Gasteiger partial charge in [-0.1, -0.05) is 36.4 Å². The first kappa shape index (κ1) is 21.3. The molecule has 0 bridgehead atoms. The van der Waals surface area contributed by atoms with Crippen molar-refractivity contribution < 1.29 is 13.2 Å². The Hall–Kier alpha value is -2.38. The number of para-hydroxylation sites is 1. The Bertz CT molecular complexity index is 888. The van der Waals surface area contributed by atoms with Gasteiger partial charge in [0.15, 0.2) is 0 Å².